The molecule has 0 radical (unpaired) electrons. The fourth-order valence-electron chi connectivity index (χ4n) is 3.68. The van der Waals surface area contributed by atoms with Crippen molar-refractivity contribution in [3.8, 4) is 0 Å². The zero-order valence-corrected chi connectivity index (χ0v) is 18.5. The van der Waals surface area contributed by atoms with E-state index < -0.39 is 18.2 Å². The van der Waals surface area contributed by atoms with Crippen molar-refractivity contribution in [2.24, 2.45) is 0 Å². The first kappa shape index (κ1) is 22.9. The minimum absolute atomic E-state index is 0.205. The summed E-state index contributed by atoms with van der Waals surface area (Å²) in [5, 5.41) is 9.23. The van der Waals surface area contributed by atoms with Gasteiger partial charge in [0, 0.05) is 48.9 Å². The van der Waals surface area contributed by atoms with Gasteiger partial charge in [-0.05, 0) is 18.2 Å². The van der Waals surface area contributed by atoms with E-state index in [1.807, 2.05) is 40.1 Å². The SMILES string of the molecule is O=C(O)COCC1(F)CCN(c2cncc(N(c3ccccc3)c3cc(Cl)ccn3)n2)CC1. The third-order valence-electron chi connectivity index (χ3n) is 5.36. The van der Waals surface area contributed by atoms with E-state index in [4.69, 9.17) is 26.4 Å². The first-order valence-corrected chi connectivity index (χ1v) is 10.8. The molecule has 0 amide bonds. The van der Waals surface area contributed by atoms with Crippen molar-refractivity contribution in [2.75, 3.05) is 36.1 Å². The Hall–Kier alpha value is -3.30. The zero-order chi connectivity index (χ0) is 23.3. The van der Waals surface area contributed by atoms with E-state index in [1.54, 1.807) is 30.7 Å². The van der Waals surface area contributed by atoms with Crippen LogP contribution in [0.3, 0.4) is 0 Å². The van der Waals surface area contributed by atoms with Crippen LogP contribution in [0.2, 0.25) is 5.02 Å². The van der Waals surface area contributed by atoms with Gasteiger partial charge in [-0.1, -0.05) is 29.8 Å². The summed E-state index contributed by atoms with van der Waals surface area (Å²) >= 11 is 6.21. The van der Waals surface area contributed by atoms with Gasteiger partial charge < -0.3 is 14.7 Å². The maximum Gasteiger partial charge on any atom is 0.329 e. The van der Waals surface area contributed by atoms with Crippen molar-refractivity contribution in [2.45, 2.75) is 18.5 Å². The Bertz CT molecular complexity index is 1100. The molecule has 1 aliphatic rings. The first-order valence-electron chi connectivity index (χ1n) is 10.5. The lowest BCUT2D eigenvalue weighted by Crippen LogP contribution is -2.45. The number of alkyl halides is 1. The number of nitrogens with zero attached hydrogens (tertiary/aromatic N) is 5. The monoisotopic (exact) mass is 471 g/mol. The maximum atomic E-state index is 15.0. The van der Waals surface area contributed by atoms with Gasteiger partial charge in [0.05, 0.1) is 19.0 Å². The number of halogens is 2. The molecule has 4 rings (SSSR count). The summed E-state index contributed by atoms with van der Waals surface area (Å²) in [5.74, 6) is 0.650. The van der Waals surface area contributed by atoms with Gasteiger partial charge in [0.2, 0.25) is 0 Å². The number of rotatable bonds is 8. The molecule has 0 spiro atoms. The minimum atomic E-state index is -1.56. The average Bonchev–Trinajstić information content (AvgIpc) is 2.80. The van der Waals surface area contributed by atoms with Crippen molar-refractivity contribution in [1.29, 1.82) is 0 Å². The molecular formula is C23H23ClFN5O3. The molecule has 0 aliphatic carbocycles. The van der Waals surface area contributed by atoms with Crippen molar-refractivity contribution in [3.63, 3.8) is 0 Å². The highest BCUT2D eigenvalue weighted by molar-refractivity contribution is 6.30. The number of anilines is 4. The summed E-state index contributed by atoms with van der Waals surface area (Å²) in [5.41, 5.74) is -0.715. The fraction of sp³-hybridized carbons (Fsp3) is 0.304. The second-order valence-electron chi connectivity index (χ2n) is 7.76. The average molecular weight is 472 g/mol. The summed E-state index contributed by atoms with van der Waals surface area (Å²) in [6, 6.07) is 13.1. The van der Waals surface area contributed by atoms with Crippen molar-refractivity contribution in [3.05, 3.63) is 66.1 Å². The highest BCUT2D eigenvalue weighted by Crippen LogP contribution is 2.34. The van der Waals surface area contributed by atoms with Crippen LogP contribution in [0.1, 0.15) is 12.8 Å². The standard InChI is InChI=1S/C23H23ClFN5O3/c24-17-6-9-27-19(12-17)30(18-4-2-1-3-5-18)21-14-26-13-20(28-21)29-10-7-23(25,8-11-29)16-33-15-22(31)32/h1-6,9,12-14H,7-8,10-11,15-16H2,(H,31,32). The number of hydrogen-bond donors (Lipinski definition) is 1. The van der Waals surface area contributed by atoms with Gasteiger partial charge in [-0.2, -0.15) is 0 Å². The summed E-state index contributed by atoms with van der Waals surface area (Å²) in [7, 11) is 0. The third-order valence-corrected chi connectivity index (χ3v) is 5.59. The second kappa shape index (κ2) is 10.1. The molecule has 1 N–H and O–H groups in total. The number of hydrogen-bond acceptors (Lipinski definition) is 7. The largest absolute Gasteiger partial charge is 0.480 e. The molecule has 3 aromatic rings. The number of ether oxygens (including phenoxy) is 1. The number of aromatic nitrogens is 3. The van der Waals surface area contributed by atoms with Gasteiger partial charge in [-0.15, -0.1) is 0 Å². The molecule has 1 fully saturated rings. The van der Waals surface area contributed by atoms with E-state index in [-0.39, 0.29) is 19.4 Å². The van der Waals surface area contributed by atoms with Gasteiger partial charge >= 0.3 is 5.97 Å². The quantitative estimate of drug-likeness (QED) is 0.516. The topological polar surface area (TPSA) is 91.7 Å². The summed E-state index contributed by atoms with van der Waals surface area (Å²) in [6.07, 6.45) is 5.32. The molecule has 1 saturated heterocycles. The lowest BCUT2D eigenvalue weighted by molar-refractivity contribution is -0.144. The Kier molecular flexibility index (Phi) is 7.00. The van der Waals surface area contributed by atoms with E-state index >= 15 is 0 Å². The molecule has 1 aromatic carbocycles. The third kappa shape index (κ3) is 5.74. The van der Waals surface area contributed by atoms with Gasteiger partial charge in [-0.25, -0.2) is 19.2 Å². The van der Waals surface area contributed by atoms with E-state index in [0.717, 1.165) is 5.69 Å². The number of piperidine rings is 1. The predicted molar refractivity (Wildman–Crippen MR) is 123 cm³/mol. The Labute approximate surface area is 195 Å². The van der Waals surface area contributed by atoms with Crippen LogP contribution in [0, 0.1) is 0 Å². The molecule has 33 heavy (non-hydrogen) atoms. The molecule has 0 unspecified atom stereocenters. The molecule has 8 nitrogen and oxygen atoms in total. The second-order valence-corrected chi connectivity index (χ2v) is 8.20. The lowest BCUT2D eigenvalue weighted by Gasteiger charge is -2.36. The van der Waals surface area contributed by atoms with E-state index in [2.05, 4.69) is 9.97 Å². The number of para-hydroxylation sites is 1. The van der Waals surface area contributed by atoms with E-state index in [0.29, 0.717) is 35.6 Å². The van der Waals surface area contributed by atoms with Crippen molar-refractivity contribution < 1.29 is 19.0 Å². The smallest absolute Gasteiger partial charge is 0.329 e. The van der Waals surface area contributed by atoms with Gasteiger partial charge in [0.15, 0.2) is 5.82 Å². The molecule has 0 bridgehead atoms. The predicted octanol–water partition coefficient (Wildman–Crippen LogP) is 4.40. The van der Waals surface area contributed by atoms with Crippen LogP contribution in [0.5, 0.6) is 0 Å². The normalized spacial score (nSPS) is 15.3. The molecule has 0 saturated carbocycles. The Balaban J connectivity index is 1.55. The van der Waals surface area contributed by atoms with Gasteiger partial charge in [0.1, 0.15) is 23.9 Å². The fourth-order valence-corrected chi connectivity index (χ4v) is 3.84. The Morgan fingerprint density at radius 2 is 1.94 bits per heavy atom. The van der Waals surface area contributed by atoms with Crippen LogP contribution in [-0.4, -0.2) is 58.0 Å². The first-order chi connectivity index (χ1) is 15.9. The molecule has 10 heteroatoms. The van der Waals surface area contributed by atoms with Crippen molar-refractivity contribution in [1.82, 2.24) is 15.0 Å². The van der Waals surface area contributed by atoms with Crippen LogP contribution in [0.15, 0.2) is 61.1 Å². The summed E-state index contributed by atoms with van der Waals surface area (Å²) in [6.45, 7) is 0.0779. The molecule has 172 valence electrons. The van der Waals surface area contributed by atoms with Crippen LogP contribution < -0.4 is 9.80 Å². The molecule has 2 aromatic heterocycles. The molecular weight excluding hydrogens is 449 g/mol. The number of aliphatic carboxylic acids is 1. The zero-order valence-electron chi connectivity index (χ0n) is 17.8. The highest BCUT2D eigenvalue weighted by atomic mass is 35.5. The Morgan fingerprint density at radius 1 is 1.18 bits per heavy atom. The number of carboxylic acid groups (broad SMARTS) is 1. The number of benzene rings is 1. The number of carboxylic acids is 1. The van der Waals surface area contributed by atoms with Crippen molar-refractivity contribution >= 4 is 40.7 Å². The van der Waals surface area contributed by atoms with E-state index in [1.165, 1.54) is 0 Å². The number of carbonyl (C=O) groups is 1. The van der Waals surface area contributed by atoms with Crippen LogP contribution >= 0.6 is 11.6 Å². The lowest BCUT2D eigenvalue weighted by atomic mass is 9.94. The maximum absolute atomic E-state index is 15.0. The summed E-state index contributed by atoms with van der Waals surface area (Å²) in [4.78, 5) is 28.0. The van der Waals surface area contributed by atoms with Crippen LogP contribution in [-0.2, 0) is 9.53 Å². The van der Waals surface area contributed by atoms with Gasteiger partial charge in [-0.3, -0.25) is 9.88 Å². The molecule has 1 aliphatic heterocycles. The molecule has 0 atom stereocenters. The Morgan fingerprint density at radius 3 is 2.64 bits per heavy atom. The summed E-state index contributed by atoms with van der Waals surface area (Å²) < 4.78 is 20.0. The minimum Gasteiger partial charge on any atom is -0.480 e. The van der Waals surface area contributed by atoms with Gasteiger partial charge in [0.25, 0.3) is 0 Å². The molecule has 3 heterocycles. The van der Waals surface area contributed by atoms with Crippen LogP contribution in [0.25, 0.3) is 0 Å². The van der Waals surface area contributed by atoms with Crippen LogP contribution in [0.4, 0.5) is 27.5 Å². The van der Waals surface area contributed by atoms with E-state index in [9.17, 15) is 9.18 Å². The number of pyridine rings is 1. The highest BCUT2D eigenvalue weighted by Gasteiger charge is 2.35.